The van der Waals surface area contributed by atoms with E-state index >= 15 is 0 Å². The minimum Gasteiger partial charge on any atom is -0.307 e. The van der Waals surface area contributed by atoms with Crippen LogP contribution in [-0.2, 0) is 19.5 Å². The monoisotopic (exact) mass is 429 g/mol. The van der Waals surface area contributed by atoms with Crippen molar-refractivity contribution in [3.8, 4) is 0 Å². The van der Waals surface area contributed by atoms with Crippen LogP contribution in [0.3, 0.4) is 0 Å². The molecule has 1 aliphatic heterocycles. The van der Waals surface area contributed by atoms with E-state index in [0.717, 1.165) is 43.6 Å². The molecule has 0 saturated carbocycles. The van der Waals surface area contributed by atoms with Gasteiger partial charge in [0.1, 0.15) is 5.82 Å². The molecular formula is C21H21Cl2N5O. The van der Waals surface area contributed by atoms with Gasteiger partial charge < -0.3 is 5.32 Å². The highest BCUT2D eigenvalue weighted by molar-refractivity contribution is 6.31. The van der Waals surface area contributed by atoms with E-state index in [0.29, 0.717) is 28.2 Å². The molecule has 2 amide bonds. The van der Waals surface area contributed by atoms with E-state index in [1.807, 2.05) is 24.3 Å². The minimum atomic E-state index is -0.290. The van der Waals surface area contributed by atoms with Gasteiger partial charge in [-0.15, -0.1) is 10.2 Å². The van der Waals surface area contributed by atoms with Crippen molar-refractivity contribution in [2.45, 2.75) is 38.8 Å². The summed E-state index contributed by atoms with van der Waals surface area (Å²) in [6.45, 7) is 1.15. The van der Waals surface area contributed by atoms with Crippen LogP contribution in [0.4, 0.5) is 16.4 Å². The van der Waals surface area contributed by atoms with Crippen LogP contribution in [0.15, 0.2) is 48.5 Å². The molecule has 0 atom stereocenters. The van der Waals surface area contributed by atoms with E-state index in [1.54, 1.807) is 29.2 Å². The van der Waals surface area contributed by atoms with Crippen molar-refractivity contribution in [1.29, 1.82) is 0 Å². The van der Waals surface area contributed by atoms with Gasteiger partial charge in [0.05, 0.1) is 6.54 Å². The van der Waals surface area contributed by atoms with Gasteiger partial charge in [-0.05, 0) is 48.7 Å². The van der Waals surface area contributed by atoms with Crippen LogP contribution >= 0.6 is 23.2 Å². The number of nitrogens with zero attached hydrogens (tertiary/aromatic N) is 4. The maximum atomic E-state index is 13.2. The molecule has 0 aliphatic carbocycles. The molecule has 4 rings (SSSR count). The highest BCUT2D eigenvalue weighted by atomic mass is 35.5. The third-order valence-corrected chi connectivity index (χ3v) is 5.39. The minimum absolute atomic E-state index is 0.290. The molecule has 1 aliphatic rings. The van der Waals surface area contributed by atoms with Crippen LogP contribution in [0.25, 0.3) is 0 Å². The SMILES string of the molecule is O=C(Nc1cccc(Cl)c1)N(Cc1ccc(Cl)cc1)c1nnc2n1CCCCC2. The first-order valence-corrected chi connectivity index (χ1v) is 10.4. The van der Waals surface area contributed by atoms with Crippen molar-refractivity contribution >= 4 is 40.9 Å². The summed E-state index contributed by atoms with van der Waals surface area (Å²) in [6.07, 6.45) is 4.15. The zero-order chi connectivity index (χ0) is 20.2. The summed E-state index contributed by atoms with van der Waals surface area (Å²) >= 11 is 12.1. The number of benzene rings is 2. The summed E-state index contributed by atoms with van der Waals surface area (Å²) in [6, 6.07) is 14.2. The Balaban J connectivity index is 1.66. The third kappa shape index (κ3) is 4.71. The quantitative estimate of drug-likeness (QED) is 0.590. The molecule has 1 aromatic heterocycles. The molecule has 0 fully saturated rings. The molecule has 1 N–H and O–H groups in total. The van der Waals surface area contributed by atoms with Crippen LogP contribution in [0.2, 0.25) is 10.0 Å². The summed E-state index contributed by atoms with van der Waals surface area (Å²) in [5.74, 6) is 1.48. The van der Waals surface area contributed by atoms with E-state index in [4.69, 9.17) is 23.2 Å². The van der Waals surface area contributed by atoms with Gasteiger partial charge >= 0.3 is 6.03 Å². The predicted molar refractivity (Wildman–Crippen MR) is 116 cm³/mol. The highest BCUT2D eigenvalue weighted by Gasteiger charge is 2.25. The van der Waals surface area contributed by atoms with E-state index in [1.165, 1.54) is 0 Å². The van der Waals surface area contributed by atoms with Gasteiger partial charge in [-0.2, -0.15) is 0 Å². The summed E-state index contributed by atoms with van der Waals surface area (Å²) < 4.78 is 2.06. The zero-order valence-electron chi connectivity index (χ0n) is 15.8. The Morgan fingerprint density at radius 2 is 1.86 bits per heavy atom. The first kappa shape index (κ1) is 19.7. The third-order valence-electron chi connectivity index (χ3n) is 4.91. The summed E-state index contributed by atoms with van der Waals surface area (Å²) in [4.78, 5) is 14.8. The molecule has 2 heterocycles. The Morgan fingerprint density at radius 1 is 1.03 bits per heavy atom. The second-order valence-corrected chi connectivity index (χ2v) is 7.90. The summed E-state index contributed by atoms with van der Waals surface area (Å²) in [5, 5.41) is 12.8. The first-order valence-electron chi connectivity index (χ1n) is 9.61. The van der Waals surface area contributed by atoms with Gasteiger partial charge in [0.2, 0.25) is 5.95 Å². The molecule has 150 valence electrons. The van der Waals surface area contributed by atoms with E-state index in [2.05, 4.69) is 20.1 Å². The van der Waals surface area contributed by atoms with Gasteiger partial charge in [0.25, 0.3) is 0 Å². The van der Waals surface area contributed by atoms with Crippen molar-refractivity contribution in [3.63, 3.8) is 0 Å². The summed E-state index contributed by atoms with van der Waals surface area (Å²) in [5.41, 5.74) is 1.57. The molecule has 0 unspecified atom stereocenters. The fourth-order valence-electron chi connectivity index (χ4n) is 3.43. The maximum absolute atomic E-state index is 13.2. The number of urea groups is 1. The Kier molecular flexibility index (Phi) is 6.02. The maximum Gasteiger partial charge on any atom is 0.329 e. The standard InChI is InChI=1S/C21H21Cl2N5O/c22-16-10-8-15(9-11-16)14-28(21(29)24-18-6-4-5-17(23)13-18)20-26-25-19-7-2-1-3-12-27(19)20/h4-6,8-11,13H,1-3,7,12,14H2,(H,24,29). The molecule has 0 radical (unpaired) electrons. The number of carbonyl (C=O) groups is 1. The molecule has 2 aromatic carbocycles. The number of hydrogen-bond acceptors (Lipinski definition) is 3. The average Bonchev–Trinajstić information content (AvgIpc) is 2.95. The number of rotatable bonds is 4. The van der Waals surface area contributed by atoms with Gasteiger partial charge in [-0.3, -0.25) is 9.47 Å². The van der Waals surface area contributed by atoms with Gasteiger partial charge in [0.15, 0.2) is 0 Å². The van der Waals surface area contributed by atoms with Crippen LogP contribution in [-0.4, -0.2) is 20.8 Å². The molecule has 0 saturated heterocycles. The lowest BCUT2D eigenvalue weighted by atomic mass is 10.2. The van der Waals surface area contributed by atoms with Crippen molar-refractivity contribution < 1.29 is 4.79 Å². The Bertz CT molecular complexity index is 1000. The van der Waals surface area contributed by atoms with Crippen LogP contribution in [0, 0.1) is 0 Å². The lowest BCUT2D eigenvalue weighted by Gasteiger charge is -2.23. The van der Waals surface area contributed by atoms with E-state index in [-0.39, 0.29) is 6.03 Å². The van der Waals surface area contributed by atoms with E-state index < -0.39 is 0 Å². The number of hydrogen-bond donors (Lipinski definition) is 1. The fourth-order valence-corrected chi connectivity index (χ4v) is 3.75. The smallest absolute Gasteiger partial charge is 0.307 e. The molecule has 0 spiro atoms. The number of aromatic nitrogens is 3. The van der Waals surface area contributed by atoms with Crippen LogP contribution in [0.5, 0.6) is 0 Å². The number of fused-ring (bicyclic) bond motifs is 1. The lowest BCUT2D eigenvalue weighted by Crippen LogP contribution is -2.36. The molecular weight excluding hydrogens is 409 g/mol. The molecule has 0 bridgehead atoms. The average molecular weight is 430 g/mol. The van der Waals surface area contributed by atoms with Gasteiger partial charge in [-0.25, -0.2) is 4.79 Å². The van der Waals surface area contributed by atoms with Crippen molar-refractivity contribution in [2.24, 2.45) is 0 Å². The van der Waals surface area contributed by atoms with Crippen LogP contribution in [0.1, 0.15) is 30.7 Å². The normalized spacial score (nSPS) is 13.4. The second-order valence-electron chi connectivity index (χ2n) is 7.03. The molecule has 3 aromatic rings. The number of nitrogens with one attached hydrogen (secondary N) is 1. The highest BCUT2D eigenvalue weighted by Crippen LogP contribution is 2.24. The zero-order valence-corrected chi connectivity index (χ0v) is 17.3. The summed E-state index contributed by atoms with van der Waals surface area (Å²) in [7, 11) is 0. The van der Waals surface area contributed by atoms with E-state index in [9.17, 15) is 4.79 Å². The Morgan fingerprint density at radius 3 is 2.66 bits per heavy atom. The van der Waals surface area contributed by atoms with Crippen molar-refractivity contribution in [3.05, 3.63) is 70.0 Å². The molecule has 29 heavy (non-hydrogen) atoms. The largest absolute Gasteiger partial charge is 0.329 e. The Hall–Kier alpha value is -2.57. The number of carbonyl (C=O) groups excluding carboxylic acids is 1. The molecule has 8 heteroatoms. The van der Waals surface area contributed by atoms with Crippen molar-refractivity contribution in [2.75, 3.05) is 10.2 Å². The van der Waals surface area contributed by atoms with Gasteiger partial charge in [-0.1, -0.05) is 47.8 Å². The predicted octanol–water partition coefficient (Wildman–Crippen LogP) is 5.55. The molecule has 6 nitrogen and oxygen atoms in total. The Labute approximate surface area is 179 Å². The van der Waals surface area contributed by atoms with Gasteiger partial charge in [0, 0.05) is 28.7 Å². The number of anilines is 2. The number of amides is 2. The number of aryl methyl sites for hydroxylation is 1. The fraction of sp³-hybridized carbons (Fsp3) is 0.286. The van der Waals surface area contributed by atoms with Crippen LogP contribution < -0.4 is 10.2 Å². The second kappa shape index (κ2) is 8.84. The number of halogens is 2. The van der Waals surface area contributed by atoms with Crippen molar-refractivity contribution in [1.82, 2.24) is 14.8 Å². The first-order chi connectivity index (χ1) is 14.1. The lowest BCUT2D eigenvalue weighted by molar-refractivity contribution is 0.256. The topological polar surface area (TPSA) is 63.1 Å².